The second kappa shape index (κ2) is 6.86. The van der Waals surface area contributed by atoms with E-state index in [1.807, 2.05) is 55.4 Å². The minimum atomic E-state index is -0.188. The maximum absolute atomic E-state index is 14.1. The maximum atomic E-state index is 14.1. The van der Waals surface area contributed by atoms with Crippen LogP contribution >= 0.6 is 15.9 Å². The van der Waals surface area contributed by atoms with Crippen LogP contribution in [0.25, 0.3) is 0 Å². The lowest BCUT2D eigenvalue weighted by atomic mass is 10.1. The Morgan fingerprint density at radius 2 is 1.95 bits per heavy atom. The van der Waals surface area contributed by atoms with Crippen LogP contribution in [0.1, 0.15) is 11.1 Å². The lowest BCUT2D eigenvalue weighted by molar-refractivity contribution is 0.618. The molecule has 0 unspecified atom stereocenters. The quantitative estimate of drug-likeness (QED) is 0.889. The summed E-state index contributed by atoms with van der Waals surface area (Å²) in [5.74, 6) is -0.188. The van der Waals surface area contributed by atoms with Gasteiger partial charge in [0.2, 0.25) is 0 Å². The molecule has 2 rings (SSSR count). The van der Waals surface area contributed by atoms with Gasteiger partial charge in [-0.1, -0.05) is 40.2 Å². The highest BCUT2D eigenvalue weighted by Gasteiger charge is 2.10. The number of halogens is 2. The van der Waals surface area contributed by atoms with Gasteiger partial charge < -0.3 is 10.2 Å². The second-order valence-electron chi connectivity index (χ2n) is 4.76. The van der Waals surface area contributed by atoms with E-state index in [-0.39, 0.29) is 5.82 Å². The lowest BCUT2D eigenvalue weighted by Gasteiger charge is -2.21. The number of hydrogen-bond donors (Lipinski definition) is 1. The molecule has 2 nitrogen and oxygen atoms in total. The Morgan fingerprint density at radius 1 is 1.20 bits per heavy atom. The third-order valence-electron chi connectivity index (χ3n) is 3.17. The number of hydrogen-bond acceptors (Lipinski definition) is 2. The molecule has 0 aromatic heterocycles. The van der Waals surface area contributed by atoms with Crippen LogP contribution < -0.4 is 10.2 Å². The molecule has 106 valence electrons. The predicted octanol–water partition coefficient (Wildman–Crippen LogP) is 3.94. The Balaban J connectivity index is 2.17. The van der Waals surface area contributed by atoms with Crippen molar-refractivity contribution in [1.82, 2.24) is 5.32 Å². The molecule has 0 saturated heterocycles. The smallest absolute Gasteiger partial charge is 0.146 e. The van der Waals surface area contributed by atoms with E-state index in [0.29, 0.717) is 18.8 Å². The van der Waals surface area contributed by atoms with Crippen LogP contribution in [0.5, 0.6) is 0 Å². The Bertz CT molecular complexity index is 586. The molecule has 0 radical (unpaired) electrons. The third-order valence-corrected chi connectivity index (χ3v) is 3.94. The molecule has 0 atom stereocenters. The zero-order valence-corrected chi connectivity index (χ0v) is 13.2. The molecule has 0 fully saturated rings. The summed E-state index contributed by atoms with van der Waals surface area (Å²) in [4.78, 5) is 1.92. The van der Waals surface area contributed by atoms with Gasteiger partial charge >= 0.3 is 0 Å². The highest BCUT2D eigenvalue weighted by atomic mass is 79.9. The number of nitrogens with one attached hydrogen (secondary N) is 1. The molecule has 0 aliphatic heterocycles. The SMILES string of the molecule is CNCc1ccc(N(C)Cc2ccccc2Br)c(F)c1. The average Bonchev–Trinajstić information content (AvgIpc) is 2.42. The number of nitrogens with zero attached hydrogens (tertiary/aromatic N) is 1. The maximum Gasteiger partial charge on any atom is 0.146 e. The highest BCUT2D eigenvalue weighted by molar-refractivity contribution is 9.10. The van der Waals surface area contributed by atoms with Crippen molar-refractivity contribution in [3.63, 3.8) is 0 Å². The van der Waals surface area contributed by atoms with Crippen LogP contribution in [-0.4, -0.2) is 14.1 Å². The minimum absolute atomic E-state index is 0.188. The molecular formula is C16H18BrFN2. The highest BCUT2D eigenvalue weighted by Crippen LogP contribution is 2.24. The normalized spacial score (nSPS) is 10.6. The van der Waals surface area contributed by atoms with Crippen LogP contribution in [0.15, 0.2) is 46.9 Å². The van der Waals surface area contributed by atoms with Gasteiger partial charge in [-0.3, -0.25) is 0 Å². The van der Waals surface area contributed by atoms with Crippen molar-refractivity contribution in [2.45, 2.75) is 13.1 Å². The van der Waals surface area contributed by atoms with Gasteiger partial charge in [-0.15, -0.1) is 0 Å². The molecule has 0 aliphatic rings. The van der Waals surface area contributed by atoms with E-state index in [1.54, 1.807) is 6.07 Å². The van der Waals surface area contributed by atoms with Gasteiger partial charge in [0.1, 0.15) is 5.82 Å². The average molecular weight is 337 g/mol. The van der Waals surface area contributed by atoms with E-state index < -0.39 is 0 Å². The van der Waals surface area contributed by atoms with Crippen molar-refractivity contribution in [3.05, 3.63) is 63.9 Å². The van der Waals surface area contributed by atoms with Crippen LogP contribution in [0.2, 0.25) is 0 Å². The van der Waals surface area contributed by atoms with Gasteiger partial charge in [0.15, 0.2) is 0 Å². The summed E-state index contributed by atoms with van der Waals surface area (Å²) < 4.78 is 15.2. The van der Waals surface area contributed by atoms with Crippen LogP contribution in [0.4, 0.5) is 10.1 Å². The molecule has 0 amide bonds. The topological polar surface area (TPSA) is 15.3 Å². The van der Waals surface area contributed by atoms with Crippen molar-refractivity contribution in [3.8, 4) is 0 Å². The summed E-state index contributed by atoms with van der Waals surface area (Å²) in [7, 11) is 3.75. The van der Waals surface area contributed by atoms with Crippen LogP contribution in [0.3, 0.4) is 0 Å². The Labute approximate surface area is 127 Å². The summed E-state index contributed by atoms with van der Waals surface area (Å²) in [5.41, 5.74) is 2.69. The fraction of sp³-hybridized carbons (Fsp3) is 0.250. The third kappa shape index (κ3) is 3.58. The molecular weight excluding hydrogens is 319 g/mol. The number of anilines is 1. The van der Waals surface area contributed by atoms with Crippen molar-refractivity contribution in [2.24, 2.45) is 0 Å². The Hall–Kier alpha value is -1.39. The van der Waals surface area contributed by atoms with E-state index in [2.05, 4.69) is 21.2 Å². The first-order chi connectivity index (χ1) is 9.61. The molecule has 2 aromatic carbocycles. The van der Waals surface area contributed by atoms with Crippen LogP contribution in [0, 0.1) is 5.82 Å². The summed E-state index contributed by atoms with van der Waals surface area (Å²) >= 11 is 3.52. The number of rotatable bonds is 5. The number of benzene rings is 2. The molecule has 0 saturated carbocycles. The van der Waals surface area contributed by atoms with Crippen molar-refractivity contribution in [2.75, 3.05) is 19.0 Å². The van der Waals surface area contributed by atoms with Gasteiger partial charge in [-0.05, 0) is 36.4 Å². The molecule has 2 aromatic rings. The van der Waals surface area contributed by atoms with Crippen molar-refractivity contribution in [1.29, 1.82) is 0 Å². The summed E-state index contributed by atoms with van der Waals surface area (Å²) in [6.45, 7) is 1.33. The summed E-state index contributed by atoms with van der Waals surface area (Å²) in [5, 5.41) is 3.02. The van der Waals surface area contributed by atoms with Gasteiger partial charge in [-0.25, -0.2) is 4.39 Å². The van der Waals surface area contributed by atoms with E-state index in [9.17, 15) is 4.39 Å². The van der Waals surface area contributed by atoms with Crippen molar-refractivity contribution >= 4 is 21.6 Å². The van der Waals surface area contributed by atoms with Gasteiger partial charge in [-0.2, -0.15) is 0 Å². The molecule has 0 aliphatic carbocycles. The van der Waals surface area contributed by atoms with E-state index in [0.717, 1.165) is 15.6 Å². The first kappa shape index (κ1) is 15.0. The van der Waals surface area contributed by atoms with Crippen molar-refractivity contribution < 1.29 is 4.39 Å². The standard InChI is InChI=1S/C16H18BrFN2/c1-19-10-12-7-8-16(15(18)9-12)20(2)11-13-5-3-4-6-14(13)17/h3-9,19H,10-11H2,1-2H3. The van der Waals surface area contributed by atoms with E-state index in [4.69, 9.17) is 0 Å². The molecule has 0 heterocycles. The Kier molecular flexibility index (Phi) is 5.15. The molecule has 4 heteroatoms. The molecule has 20 heavy (non-hydrogen) atoms. The Morgan fingerprint density at radius 3 is 2.60 bits per heavy atom. The van der Waals surface area contributed by atoms with Gasteiger partial charge in [0, 0.05) is 24.6 Å². The monoisotopic (exact) mass is 336 g/mol. The first-order valence-electron chi connectivity index (χ1n) is 6.49. The first-order valence-corrected chi connectivity index (χ1v) is 7.28. The zero-order valence-electron chi connectivity index (χ0n) is 11.7. The predicted molar refractivity (Wildman–Crippen MR) is 85.4 cm³/mol. The molecule has 0 bridgehead atoms. The summed E-state index contributed by atoms with van der Waals surface area (Å²) in [6.07, 6.45) is 0. The molecule has 1 N–H and O–H groups in total. The van der Waals surface area contributed by atoms with E-state index in [1.165, 1.54) is 0 Å². The molecule has 0 spiro atoms. The second-order valence-corrected chi connectivity index (χ2v) is 5.62. The summed E-state index contributed by atoms with van der Waals surface area (Å²) in [6, 6.07) is 13.4. The fourth-order valence-electron chi connectivity index (χ4n) is 2.14. The zero-order chi connectivity index (χ0) is 14.5. The lowest BCUT2D eigenvalue weighted by Crippen LogP contribution is -2.18. The largest absolute Gasteiger partial charge is 0.368 e. The van der Waals surface area contributed by atoms with Gasteiger partial charge in [0.05, 0.1) is 5.69 Å². The van der Waals surface area contributed by atoms with E-state index >= 15 is 0 Å². The van der Waals surface area contributed by atoms with Crippen LogP contribution in [-0.2, 0) is 13.1 Å². The fourth-order valence-corrected chi connectivity index (χ4v) is 2.55. The minimum Gasteiger partial charge on any atom is -0.368 e. The van der Waals surface area contributed by atoms with Gasteiger partial charge in [0.25, 0.3) is 0 Å².